The van der Waals surface area contributed by atoms with E-state index in [9.17, 15) is 9.59 Å². The summed E-state index contributed by atoms with van der Waals surface area (Å²) in [7, 11) is 3.78. The third kappa shape index (κ3) is 33.1. The number of hydrogen-bond donors (Lipinski definition) is 1. The van der Waals surface area contributed by atoms with E-state index in [-0.39, 0.29) is 18.3 Å². The first-order valence-corrected chi connectivity index (χ1v) is 13.9. The molecule has 5 nitrogen and oxygen atoms in total. The summed E-state index contributed by atoms with van der Waals surface area (Å²) in [5.41, 5.74) is 5.11. The van der Waals surface area contributed by atoms with Gasteiger partial charge in [0.2, 0.25) is 11.8 Å². The number of primary amides is 1. The first kappa shape index (κ1) is 37.4. The van der Waals surface area contributed by atoms with Crippen molar-refractivity contribution in [1.29, 1.82) is 0 Å². The molecule has 1 rings (SSSR count). The van der Waals surface area contributed by atoms with E-state index in [0.29, 0.717) is 12.3 Å². The van der Waals surface area contributed by atoms with Gasteiger partial charge in [0, 0.05) is 25.9 Å². The van der Waals surface area contributed by atoms with Crippen molar-refractivity contribution in [3.63, 3.8) is 0 Å². The van der Waals surface area contributed by atoms with Gasteiger partial charge in [0.1, 0.15) is 20.8 Å². The third-order valence-corrected chi connectivity index (χ3v) is 5.69. The molecule has 0 aromatic carbocycles. The molecule has 2 N–H and O–H groups in total. The van der Waals surface area contributed by atoms with E-state index in [1.54, 1.807) is 4.58 Å². The average molecular weight is 504 g/mol. The second kappa shape index (κ2) is 29.9. The molecule has 1 fully saturated rings. The molecule has 1 aliphatic heterocycles. The number of carbonyl (C=O) groups is 2. The summed E-state index contributed by atoms with van der Waals surface area (Å²) in [5.74, 6) is 0.191. The maximum Gasteiger partial charge on any atom is 0.222 e. The first-order valence-electron chi connectivity index (χ1n) is 13.9. The lowest BCUT2D eigenvalue weighted by Gasteiger charge is -2.12. The number of halogens is 1. The van der Waals surface area contributed by atoms with Crippen LogP contribution >= 0.6 is 0 Å². The molecule has 0 atom stereocenters. The SMILES string of the molecule is C=[N+](C)C.CCCCCCCCCCCCCCCCCC(N)=O.CCCN1CCCC1=O.[Cl-]. The summed E-state index contributed by atoms with van der Waals surface area (Å²) in [6.07, 6.45) is 23.8. The summed E-state index contributed by atoms with van der Waals surface area (Å²) in [5, 5.41) is 0. The molecule has 0 radical (unpaired) electrons. The average Bonchev–Trinajstić information content (AvgIpc) is 3.15. The lowest BCUT2D eigenvalue weighted by Crippen LogP contribution is -3.00. The van der Waals surface area contributed by atoms with Gasteiger partial charge < -0.3 is 23.0 Å². The molecule has 0 unspecified atom stereocenters. The van der Waals surface area contributed by atoms with Crippen molar-refractivity contribution < 1.29 is 26.6 Å². The van der Waals surface area contributed by atoms with Crippen molar-refractivity contribution >= 4 is 18.5 Å². The van der Waals surface area contributed by atoms with Gasteiger partial charge in [0.25, 0.3) is 0 Å². The molecule has 0 spiro atoms. The van der Waals surface area contributed by atoms with Crippen LogP contribution in [0.1, 0.15) is 136 Å². The van der Waals surface area contributed by atoms with Crippen molar-refractivity contribution in [2.75, 3.05) is 27.2 Å². The zero-order chi connectivity index (χ0) is 25.2. The second-order valence-corrected chi connectivity index (χ2v) is 9.73. The predicted octanol–water partition coefficient (Wildman–Crippen LogP) is 3.72. The second-order valence-electron chi connectivity index (χ2n) is 9.73. The standard InChI is InChI=1S/C18H37NO.C7H13NO.C3H8N.ClH/c1-2-3-4-5-6-7-8-9-10-11-12-13-14-15-16-17-18(19)20;1-2-5-8-6-3-4-7(8)9;1-4(2)3;/h2-17H2,1H3,(H2,19,20);2-6H2,1H3;1H2,2-3H3;1H/q;;+1;/p-1. The quantitative estimate of drug-likeness (QED) is 0.176. The van der Waals surface area contributed by atoms with Gasteiger partial charge in [0.05, 0.1) is 0 Å². The van der Waals surface area contributed by atoms with Gasteiger partial charge in [-0.3, -0.25) is 9.59 Å². The number of hydrogen-bond acceptors (Lipinski definition) is 2. The molecule has 0 aromatic heterocycles. The fourth-order valence-corrected chi connectivity index (χ4v) is 3.88. The number of rotatable bonds is 18. The Bertz CT molecular complexity index is 469. The van der Waals surface area contributed by atoms with Crippen LogP contribution in [0, 0.1) is 0 Å². The molecule has 34 heavy (non-hydrogen) atoms. The topological polar surface area (TPSA) is 66.4 Å². The van der Waals surface area contributed by atoms with Gasteiger partial charge >= 0.3 is 0 Å². The highest BCUT2D eigenvalue weighted by Crippen LogP contribution is 2.13. The minimum absolute atomic E-state index is 0. The molecule has 2 amide bonds. The Kier molecular flexibility index (Phi) is 33.0. The minimum Gasteiger partial charge on any atom is -1.00 e. The van der Waals surface area contributed by atoms with E-state index < -0.39 is 0 Å². The molecular formula is C28H58ClN3O2. The van der Waals surface area contributed by atoms with Gasteiger partial charge in [0.15, 0.2) is 0 Å². The van der Waals surface area contributed by atoms with Crippen LogP contribution in [0.25, 0.3) is 0 Å². The zero-order valence-corrected chi connectivity index (χ0v) is 24.0. The normalized spacial score (nSPS) is 12.2. The highest BCUT2D eigenvalue weighted by atomic mass is 35.5. The van der Waals surface area contributed by atoms with Crippen LogP contribution in [0.3, 0.4) is 0 Å². The molecule has 1 aliphatic rings. The smallest absolute Gasteiger partial charge is 0.222 e. The number of nitrogens with zero attached hydrogens (tertiary/aromatic N) is 2. The van der Waals surface area contributed by atoms with E-state index in [4.69, 9.17) is 5.73 Å². The van der Waals surface area contributed by atoms with Crippen LogP contribution in [-0.4, -0.2) is 55.2 Å². The van der Waals surface area contributed by atoms with Crippen LogP contribution in [0.2, 0.25) is 0 Å². The van der Waals surface area contributed by atoms with Gasteiger partial charge in [-0.25, -0.2) is 4.58 Å². The molecule has 1 saturated heterocycles. The first-order chi connectivity index (χ1) is 15.8. The maximum atomic E-state index is 10.9. The van der Waals surface area contributed by atoms with Crippen LogP contribution in [0.5, 0.6) is 0 Å². The Morgan fingerprint density at radius 3 is 1.50 bits per heavy atom. The number of amides is 2. The summed E-state index contributed by atoms with van der Waals surface area (Å²) < 4.78 is 1.75. The van der Waals surface area contributed by atoms with Gasteiger partial charge in [-0.15, -0.1) is 0 Å². The molecule has 0 aliphatic carbocycles. The van der Waals surface area contributed by atoms with E-state index >= 15 is 0 Å². The molecule has 6 heteroatoms. The number of carbonyl (C=O) groups excluding carboxylic acids is 2. The fourth-order valence-electron chi connectivity index (χ4n) is 3.88. The molecule has 1 heterocycles. The molecule has 0 aromatic rings. The van der Waals surface area contributed by atoms with Crippen LogP contribution in [-0.2, 0) is 9.59 Å². The summed E-state index contributed by atoms with van der Waals surface area (Å²) in [6.45, 7) is 9.80. The zero-order valence-electron chi connectivity index (χ0n) is 23.2. The Balaban J connectivity index is -0.000000563. The minimum atomic E-state index is -0.153. The van der Waals surface area contributed by atoms with E-state index in [0.717, 1.165) is 38.8 Å². The highest BCUT2D eigenvalue weighted by molar-refractivity contribution is 5.77. The van der Waals surface area contributed by atoms with E-state index in [2.05, 4.69) is 20.6 Å². The third-order valence-electron chi connectivity index (χ3n) is 5.69. The van der Waals surface area contributed by atoms with E-state index in [1.165, 1.54) is 89.9 Å². The molecule has 204 valence electrons. The Hall–Kier alpha value is -1.10. The van der Waals surface area contributed by atoms with Crippen LogP contribution in [0.4, 0.5) is 0 Å². The lowest BCUT2D eigenvalue weighted by molar-refractivity contribution is -0.454. The van der Waals surface area contributed by atoms with Gasteiger partial charge in [-0.2, -0.15) is 0 Å². The van der Waals surface area contributed by atoms with Crippen molar-refractivity contribution in [3.05, 3.63) is 0 Å². The number of unbranched alkanes of at least 4 members (excludes halogenated alkanes) is 14. The number of likely N-dealkylation sites (tertiary alicyclic amines) is 1. The van der Waals surface area contributed by atoms with Crippen molar-refractivity contribution in [2.45, 2.75) is 136 Å². The van der Waals surface area contributed by atoms with Crippen molar-refractivity contribution in [1.82, 2.24) is 4.90 Å². The Morgan fingerprint density at radius 1 is 0.824 bits per heavy atom. The Labute approximate surface area is 218 Å². The monoisotopic (exact) mass is 503 g/mol. The maximum absolute atomic E-state index is 10.9. The highest BCUT2D eigenvalue weighted by Gasteiger charge is 2.17. The number of nitrogens with two attached hydrogens (primary N) is 1. The molecular weight excluding hydrogens is 446 g/mol. The lowest BCUT2D eigenvalue weighted by atomic mass is 10.0. The molecule has 0 bridgehead atoms. The predicted molar refractivity (Wildman–Crippen MR) is 144 cm³/mol. The summed E-state index contributed by atoms with van der Waals surface area (Å²) in [6, 6.07) is 0. The van der Waals surface area contributed by atoms with Gasteiger partial charge in [-0.05, 0) is 19.3 Å². The van der Waals surface area contributed by atoms with Gasteiger partial charge in [-0.1, -0.05) is 104 Å². The fraction of sp³-hybridized carbons (Fsp3) is 0.893. The summed E-state index contributed by atoms with van der Waals surface area (Å²) >= 11 is 0. The largest absolute Gasteiger partial charge is 1.00 e. The van der Waals surface area contributed by atoms with Crippen LogP contribution < -0.4 is 18.1 Å². The summed E-state index contributed by atoms with van der Waals surface area (Å²) in [4.78, 5) is 23.4. The Morgan fingerprint density at radius 2 is 1.21 bits per heavy atom. The van der Waals surface area contributed by atoms with Crippen LogP contribution in [0.15, 0.2) is 0 Å². The van der Waals surface area contributed by atoms with Crippen molar-refractivity contribution in [2.24, 2.45) is 5.73 Å². The molecule has 0 saturated carbocycles. The van der Waals surface area contributed by atoms with E-state index in [1.807, 2.05) is 19.0 Å². The van der Waals surface area contributed by atoms with Crippen molar-refractivity contribution in [3.8, 4) is 0 Å².